The van der Waals surface area contributed by atoms with Gasteiger partial charge in [0.1, 0.15) is 11.5 Å². The molecule has 0 saturated heterocycles. The van der Waals surface area contributed by atoms with Crippen LogP contribution < -0.4 is 5.32 Å². The minimum atomic E-state index is 0.296. The Bertz CT molecular complexity index is 372. The van der Waals surface area contributed by atoms with E-state index in [0.29, 0.717) is 24.6 Å². The van der Waals surface area contributed by atoms with Crippen LogP contribution in [0.3, 0.4) is 0 Å². The molecule has 0 radical (unpaired) electrons. The number of aliphatic hydroxyl groups is 1. The van der Waals surface area contributed by atoms with E-state index in [0.717, 1.165) is 17.9 Å². The van der Waals surface area contributed by atoms with Gasteiger partial charge in [-0.25, -0.2) is 0 Å². The normalized spacial score (nSPS) is 26.4. The van der Waals surface area contributed by atoms with Gasteiger partial charge in [-0.05, 0) is 45.6 Å². The van der Waals surface area contributed by atoms with Gasteiger partial charge in [-0.15, -0.1) is 0 Å². The molecule has 0 bridgehead atoms. The predicted molar refractivity (Wildman–Crippen MR) is 67.9 cm³/mol. The van der Waals surface area contributed by atoms with E-state index in [1.54, 1.807) is 0 Å². The third-order valence-corrected chi connectivity index (χ3v) is 3.90. The van der Waals surface area contributed by atoms with Gasteiger partial charge in [0.2, 0.25) is 0 Å². The van der Waals surface area contributed by atoms with E-state index in [9.17, 15) is 5.11 Å². The zero-order chi connectivity index (χ0) is 12.4. The van der Waals surface area contributed by atoms with Gasteiger partial charge in [-0.3, -0.25) is 0 Å². The van der Waals surface area contributed by atoms with Gasteiger partial charge in [0, 0.05) is 24.3 Å². The molecule has 3 atom stereocenters. The van der Waals surface area contributed by atoms with Gasteiger partial charge in [0.15, 0.2) is 0 Å². The monoisotopic (exact) mass is 237 g/mol. The molecule has 0 amide bonds. The summed E-state index contributed by atoms with van der Waals surface area (Å²) in [6, 6.07) is 2.85. The molecule has 0 spiro atoms. The summed E-state index contributed by atoms with van der Waals surface area (Å²) in [6.07, 6.45) is 3.54. The van der Waals surface area contributed by atoms with Crippen molar-refractivity contribution < 1.29 is 9.52 Å². The minimum Gasteiger partial charge on any atom is -0.466 e. The summed E-state index contributed by atoms with van der Waals surface area (Å²) in [6.45, 7) is 6.46. The average Bonchev–Trinajstić information content (AvgIpc) is 2.84. The van der Waals surface area contributed by atoms with E-state index >= 15 is 0 Å². The Morgan fingerprint density at radius 1 is 1.47 bits per heavy atom. The van der Waals surface area contributed by atoms with E-state index in [1.165, 1.54) is 18.4 Å². The molecule has 3 nitrogen and oxygen atoms in total. The van der Waals surface area contributed by atoms with Gasteiger partial charge in [-0.1, -0.05) is 6.42 Å². The third-order valence-electron chi connectivity index (χ3n) is 3.90. The quantitative estimate of drug-likeness (QED) is 0.846. The van der Waals surface area contributed by atoms with E-state index in [-0.39, 0.29) is 0 Å². The summed E-state index contributed by atoms with van der Waals surface area (Å²) in [5.74, 6) is 2.39. The maximum absolute atomic E-state index is 9.32. The first-order chi connectivity index (χ1) is 8.11. The summed E-state index contributed by atoms with van der Waals surface area (Å²) in [5.41, 5.74) is 1.24. The van der Waals surface area contributed by atoms with Gasteiger partial charge >= 0.3 is 0 Å². The van der Waals surface area contributed by atoms with Crippen molar-refractivity contribution in [3.63, 3.8) is 0 Å². The second-order valence-corrected chi connectivity index (χ2v) is 5.24. The standard InChI is InChI=1S/C14H23NO2/c1-9-7-13(11(3)17-9)10(2)15-14-6-4-5-12(14)8-16/h7,10,12,14-16H,4-6,8H2,1-3H3. The molecule has 0 aliphatic heterocycles. The number of rotatable bonds is 4. The van der Waals surface area contributed by atoms with E-state index < -0.39 is 0 Å². The van der Waals surface area contributed by atoms with Crippen LogP contribution in [0.4, 0.5) is 0 Å². The molecule has 1 aromatic rings. The van der Waals surface area contributed by atoms with Crippen LogP contribution in [0.25, 0.3) is 0 Å². The highest BCUT2D eigenvalue weighted by Crippen LogP contribution is 2.29. The highest BCUT2D eigenvalue weighted by Gasteiger charge is 2.28. The Morgan fingerprint density at radius 3 is 2.82 bits per heavy atom. The van der Waals surface area contributed by atoms with Crippen molar-refractivity contribution in [1.82, 2.24) is 5.32 Å². The summed E-state index contributed by atoms with van der Waals surface area (Å²) in [4.78, 5) is 0. The fourth-order valence-electron chi connectivity index (χ4n) is 2.97. The van der Waals surface area contributed by atoms with Crippen LogP contribution in [0.1, 0.15) is 49.3 Å². The summed E-state index contributed by atoms with van der Waals surface area (Å²) < 4.78 is 5.56. The summed E-state index contributed by atoms with van der Waals surface area (Å²) in [5, 5.41) is 13.0. The average molecular weight is 237 g/mol. The molecule has 96 valence electrons. The van der Waals surface area contributed by atoms with Crippen molar-refractivity contribution in [3.05, 3.63) is 23.2 Å². The van der Waals surface area contributed by atoms with Crippen LogP contribution >= 0.6 is 0 Å². The zero-order valence-electron chi connectivity index (χ0n) is 11.0. The van der Waals surface area contributed by atoms with Crippen molar-refractivity contribution in [3.8, 4) is 0 Å². The maximum atomic E-state index is 9.32. The van der Waals surface area contributed by atoms with Gasteiger partial charge in [0.05, 0.1) is 0 Å². The number of aryl methyl sites for hydroxylation is 2. The summed E-state index contributed by atoms with van der Waals surface area (Å²) in [7, 11) is 0. The molecule has 1 fully saturated rings. The molecule has 1 aliphatic carbocycles. The largest absolute Gasteiger partial charge is 0.466 e. The van der Waals surface area contributed by atoms with Crippen molar-refractivity contribution in [1.29, 1.82) is 0 Å². The van der Waals surface area contributed by atoms with Gasteiger partial charge < -0.3 is 14.8 Å². The van der Waals surface area contributed by atoms with Crippen molar-refractivity contribution in [2.75, 3.05) is 6.61 Å². The third kappa shape index (κ3) is 2.72. The van der Waals surface area contributed by atoms with Crippen LogP contribution in [-0.4, -0.2) is 17.8 Å². The van der Waals surface area contributed by atoms with Crippen molar-refractivity contribution >= 4 is 0 Å². The number of furan rings is 1. The highest BCUT2D eigenvalue weighted by atomic mass is 16.3. The zero-order valence-corrected chi connectivity index (χ0v) is 11.0. The van der Waals surface area contributed by atoms with E-state index in [1.807, 2.05) is 13.8 Å². The predicted octanol–water partition coefficient (Wildman–Crippen LogP) is 2.71. The Hall–Kier alpha value is -0.800. The SMILES string of the molecule is Cc1cc(C(C)NC2CCCC2CO)c(C)o1. The number of aliphatic hydroxyl groups excluding tert-OH is 1. The lowest BCUT2D eigenvalue weighted by atomic mass is 10.0. The highest BCUT2D eigenvalue weighted by molar-refractivity contribution is 5.23. The number of hydrogen-bond acceptors (Lipinski definition) is 3. The first-order valence-electron chi connectivity index (χ1n) is 6.55. The first kappa shape index (κ1) is 12.7. The smallest absolute Gasteiger partial charge is 0.105 e. The maximum Gasteiger partial charge on any atom is 0.105 e. The molecule has 1 heterocycles. The minimum absolute atomic E-state index is 0.296. The lowest BCUT2D eigenvalue weighted by Crippen LogP contribution is -2.35. The molecule has 0 aromatic carbocycles. The van der Waals surface area contributed by atoms with Crippen molar-refractivity contribution in [2.24, 2.45) is 5.92 Å². The lowest BCUT2D eigenvalue weighted by molar-refractivity contribution is 0.200. The fourth-order valence-corrected chi connectivity index (χ4v) is 2.97. The second kappa shape index (κ2) is 5.23. The molecule has 1 aliphatic rings. The molecule has 3 heteroatoms. The molecular weight excluding hydrogens is 214 g/mol. The molecule has 1 saturated carbocycles. The first-order valence-corrected chi connectivity index (χ1v) is 6.55. The van der Waals surface area contributed by atoms with Crippen LogP contribution in [0.15, 0.2) is 10.5 Å². The Kier molecular flexibility index (Phi) is 3.89. The molecular formula is C14H23NO2. The van der Waals surface area contributed by atoms with E-state index in [2.05, 4.69) is 18.3 Å². The Balaban J connectivity index is 2.01. The Morgan fingerprint density at radius 2 is 2.24 bits per heavy atom. The molecule has 1 aromatic heterocycles. The molecule has 3 unspecified atom stereocenters. The van der Waals surface area contributed by atoms with Crippen LogP contribution in [0.2, 0.25) is 0 Å². The number of nitrogens with one attached hydrogen (secondary N) is 1. The Labute approximate surface area is 103 Å². The van der Waals surface area contributed by atoms with Gasteiger partial charge in [-0.2, -0.15) is 0 Å². The summed E-state index contributed by atoms with van der Waals surface area (Å²) >= 11 is 0. The van der Waals surface area contributed by atoms with E-state index in [4.69, 9.17) is 4.42 Å². The van der Waals surface area contributed by atoms with Crippen LogP contribution in [-0.2, 0) is 0 Å². The molecule has 17 heavy (non-hydrogen) atoms. The number of hydrogen-bond donors (Lipinski definition) is 2. The van der Waals surface area contributed by atoms with Gasteiger partial charge in [0.25, 0.3) is 0 Å². The topological polar surface area (TPSA) is 45.4 Å². The molecule has 2 N–H and O–H groups in total. The second-order valence-electron chi connectivity index (χ2n) is 5.24. The molecule has 2 rings (SSSR count). The van der Waals surface area contributed by atoms with Crippen molar-refractivity contribution in [2.45, 2.75) is 52.1 Å². The lowest BCUT2D eigenvalue weighted by Gasteiger charge is -2.23. The van der Waals surface area contributed by atoms with Crippen LogP contribution in [0.5, 0.6) is 0 Å². The fraction of sp³-hybridized carbons (Fsp3) is 0.714. The van der Waals surface area contributed by atoms with Crippen LogP contribution in [0, 0.1) is 19.8 Å².